The minimum atomic E-state index is -0.516. The van der Waals surface area contributed by atoms with Gasteiger partial charge in [-0.1, -0.05) is 0 Å². The Balaban J connectivity index is 1.99. The number of pyridine rings is 1. The molecule has 1 aliphatic rings. The van der Waals surface area contributed by atoms with Crippen LogP contribution in [0.25, 0.3) is 5.65 Å². The van der Waals surface area contributed by atoms with Gasteiger partial charge in [-0.25, -0.2) is 9.50 Å². The molecule has 0 spiro atoms. The average Bonchev–Trinajstić information content (AvgIpc) is 2.80. The quantitative estimate of drug-likeness (QED) is 0.607. The lowest BCUT2D eigenvalue weighted by molar-refractivity contribution is -0.134. The van der Waals surface area contributed by atoms with Gasteiger partial charge in [-0.3, -0.25) is 19.7 Å². The highest BCUT2D eigenvalue weighted by Crippen LogP contribution is 2.22. The van der Waals surface area contributed by atoms with Crippen LogP contribution in [0.15, 0.2) is 18.3 Å². The van der Waals surface area contributed by atoms with Crippen molar-refractivity contribution in [2.75, 3.05) is 0 Å². The fourth-order valence-corrected chi connectivity index (χ4v) is 2.07. The van der Waals surface area contributed by atoms with Gasteiger partial charge >= 0.3 is 0 Å². The minimum Gasteiger partial charge on any atom is -0.298 e. The Morgan fingerprint density at radius 1 is 1.37 bits per heavy atom. The van der Waals surface area contributed by atoms with Gasteiger partial charge in [0.15, 0.2) is 17.8 Å². The molecule has 0 aromatic carbocycles. The normalized spacial score (nSPS) is 19.5. The number of carbonyl (C=O) groups excluding carboxylic acids is 3. The summed E-state index contributed by atoms with van der Waals surface area (Å²) in [6.45, 7) is 0. The van der Waals surface area contributed by atoms with Gasteiger partial charge in [0.05, 0.1) is 0 Å². The lowest BCUT2D eigenvalue weighted by Gasteiger charge is -2.17. The van der Waals surface area contributed by atoms with Gasteiger partial charge in [0.2, 0.25) is 11.8 Å². The molecule has 1 saturated heterocycles. The Kier molecular flexibility index (Phi) is 2.59. The first-order valence-corrected chi connectivity index (χ1v) is 5.82. The van der Waals surface area contributed by atoms with Crippen LogP contribution in [0.3, 0.4) is 0 Å². The number of carbonyl (C=O) groups is 3. The van der Waals surface area contributed by atoms with E-state index < -0.39 is 5.92 Å². The average molecular weight is 258 g/mol. The van der Waals surface area contributed by atoms with Crippen LogP contribution in [0.1, 0.15) is 34.9 Å². The summed E-state index contributed by atoms with van der Waals surface area (Å²) in [5.74, 6) is -0.790. The van der Waals surface area contributed by atoms with E-state index in [-0.39, 0.29) is 18.2 Å². The van der Waals surface area contributed by atoms with Gasteiger partial charge in [-0.2, -0.15) is 5.10 Å². The summed E-state index contributed by atoms with van der Waals surface area (Å²) in [6, 6.07) is 3.29. The molecule has 1 atom stereocenters. The number of nitrogens with one attached hydrogen (secondary N) is 1. The molecule has 0 bridgehead atoms. The lowest BCUT2D eigenvalue weighted by Crippen LogP contribution is -2.39. The molecule has 3 heterocycles. The van der Waals surface area contributed by atoms with E-state index in [1.54, 1.807) is 18.3 Å². The summed E-state index contributed by atoms with van der Waals surface area (Å²) in [6.07, 6.45) is 2.95. The molecule has 0 radical (unpaired) electrons. The van der Waals surface area contributed by atoms with E-state index in [0.717, 1.165) is 0 Å². The van der Waals surface area contributed by atoms with Crippen LogP contribution in [0.5, 0.6) is 0 Å². The van der Waals surface area contributed by atoms with Gasteiger partial charge in [-0.05, 0) is 18.6 Å². The highest BCUT2D eigenvalue weighted by atomic mass is 16.2. The van der Waals surface area contributed by atoms with E-state index in [4.69, 9.17) is 0 Å². The zero-order valence-corrected chi connectivity index (χ0v) is 9.87. The Morgan fingerprint density at radius 3 is 2.95 bits per heavy atom. The van der Waals surface area contributed by atoms with Crippen molar-refractivity contribution in [3.05, 3.63) is 29.7 Å². The molecule has 1 N–H and O–H groups in total. The van der Waals surface area contributed by atoms with Gasteiger partial charge in [0, 0.05) is 18.2 Å². The summed E-state index contributed by atoms with van der Waals surface area (Å²) in [5, 5.41) is 6.47. The van der Waals surface area contributed by atoms with Crippen LogP contribution in [0.4, 0.5) is 0 Å². The zero-order chi connectivity index (χ0) is 13.4. The van der Waals surface area contributed by atoms with Crippen LogP contribution in [0, 0.1) is 0 Å². The van der Waals surface area contributed by atoms with Gasteiger partial charge in [0.25, 0.3) is 0 Å². The summed E-state index contributed by atoms with van der Waals surface area (Å²) >= 11 is 0. The van der Waals surface area contributed by atoms with Crippen molar-refractivity contribution >= 4 is 23.7 Å². The summed E-state index contributed by atoms with van der Waals surface area (Å²) < 4.78 is 1.46. The highest BCUT2D eigenvalue weighted by Gasteiger charge is 2.31. The van der Waals surface area contributed by atoms with Gasteiger partial charge < -0.3 is 0 Å². The largest absolute Gasteiger partial charge is 0.298 e. The number of aldehydes is 1. The van der Waals surface area contributed by atoms with E-state index in [9.17, 15) is 14.4 Å². The number of amides is 2. The molecule has 1 unspecified atom stereocenters. The third-order valence-corrected chi connectivity index (χ3v) is 3.06. The number of fused-ring (bicyclic) bond motifs is 1. The van der Waals surface area contributed by atoms with Crippen LogP contribution in [-0.4, -0.2) is 32.7 Å². The Labute approximate surface area is 107 Å². The molecule has 1 aliphatic heterocycles. The smallest absolute Gasteiger partial charge is 0.237 e. The monoisotopic (exact) mass is 258 g/mol. The van der Waals surface area contributed by atoms with Crippen molar-refractivity contribution < 1.29 is 14.4 Å². The summed E-state index contributed by atoms with van der Waals surface area (Å²) in [5.41, 5.74) is 1.04. The zero-order valence-electron chi connectivity index (χ0n) is 9.87. The summed E-state index contributed by atoms with van der Waals surface area (Å²) in [7, 11) is 0. The molecule has 96 valence electrons. The van der Waals surface area contributed by atoms with Crippen molar-refractivity contribution in [1.82, 2.24) is 19.9 Å². The minimum absolute atomic E-state index is 0.270. The maximum Gasteiger partial charge on any atom is 0.237 e. The molecule has 7 heteroatoms. The van der Waals surface area contributed by atoms with Crippen LogP contribution >= 0.6 is 0 Å². The number of nitrogens with zero attached hydrogens (tertiary/aromatic N) is 3. The maximum absolute atomic E-state index is 11.7. The Morgan fingerprint density at radius 2 is 2.21 bits per heavy atom. The second-order valence-corrected chi connectivity index (χ2v) is 4.36. The SMILES string of the molecule is O=Cc1ccc2nc(C3CCC(=O)NC3=O)nn2c1. The van der Waals surface area contributed by atoms with Crippen LogP contribution in [0.2, 0.25) is 0 Å². The third kappa shape index (κ3) is 1.99. The molecule has 0 saturated carbocycles. The fraction of sp³-hybridized carbons (Fsp3) is 0.250. The van der Waals surface area contributed by atoms with Crippen LogP contribution in [-0.2, 0) is 9.59 Å². The van der Waals surface area contributed by atoms with Gasteiger partial charge in [0.1, 0.15) is 5.92 Å². The molecule has 2 aromatic rings. The Hall–Kier alpha value is -2.57. The second-order valence-electron chi connectivity index (χ2n) is 4.36. The molecule has 3 rings (SSSR count). The predicted octanol–water partition coefficient (Wildman–Crippen LogP) is 0.0620. The van der Waals surface area contributed by atoms with Crippen molar-refractivity contribution in [2.45, 2.75) is 18.8 Å². The molecule has 2 amide bonds. The van der Waals surface area contributed by atoms with E-state index in [1.807, 2.05) is 0 Å². The number of piperidine rings is 1. The molecule has 2 aromatic heterocycles. The summed E-state index contributed by atoms with van der Waals surface area (Å²) in [4.78, 5) is 37.8. The van der Waals surface area contributed by atoms with Crippen molar-refractivity contribution in [1.29, 1.82) is 0 Å². The predicted molar refractivity (Wildman–Crippen MR) is 63.5 cm³/mol. The molecular formula is C12H10N4O3. The van der Waals surface area contributed by atoms with E-state index >= 15 is 0 Å². The molecule has 0 aliphatic carbocycles. The fourth-order valence-electron chi connectivity index (χ4n) is 2.07. The van der Waals surface area contributed by atoms with E-state index in [1.165, 1.54) is 4.52 Å². The molecule has 7 nitrogen and oxygen atoms in total. The maximum atomic E-state index is 11.7. The number of hydrogen-bond donors (Lipinski definition) is 1. The van der Waals surface area contributed by atoms with Crippen LogP contribution < -0.4 is 5.32 Å². The first kappa shape index (κ1) is 11.5. The first-order valence-electron chi connectivity index (χ1n) is 5.82. The van der Waals surface area contributed by atoms with Crippen molar-refractivity contribution in [3.8, 4) is 0 Å². The molecule has 19 heavy (non-hydrogen) atoms. The topological polar surface area (TPSA) is 93.4 Å². The number of rotatable bonds is 2. The highest BCUT2D eigenvalue weighted by molar-refractivity contribution is 6.00. The number of aromatic nitrogens is 3. The van der Waals surface area contributed by atoms with Crippen molar-refractivity contribution in [2.24, 2.45) is 0 Å². The first-order chi connectivity index (χ1) is 9.17. The second kappa shape index (κ2) is 4.27. The number of hydrogen-bond acceptors (Lipinski definition) is 5. The molecule has 1 fully saturated rings. The van der Waals surface area contributed by atoms with E-state index in [2.05, 4.69) is 15.4 Å². The molecular weight excluding hydrogens is 248 g/mol. The standard InChI is InChI=1S/C12H10N4O3/c17-6-7-1-3-9-13-11(15-16(9)5-7)8-2-4-10(18)14-12(8)19/h1,3,5-6,8H,2,4H2,(H,14,18,19). The van der Waals surface area contributed by atoms with E-state index in [0.29, 0.717) is 29.7 Å². The van der Waals surface area contributed by atoms with Gasteiger partial charge in [-0.15, -0.1) is 0 Å². The van der Waals surface area contributed by atoms with Crippen molar-refractivity contribution in [3.63, 3.8) is 0 Å². The third-order valence-electron chi connectivity index (χ3n) is 3.06. The Bertz CT molecular complexity index is 691. The lowest BCUT2D eigenvalue weighted by atomic mass is 9.98. The number of imide groups is 1.